The second-order valence-corrected chi connectivity index (χ2v) is 7.62. The molecule has 19 nitrogen and oxygen atoms in total. The normalized spacial score (nSPS) is 35.4. The first kappa shape index (κ1) is 28.2. The molecule has 0 amide bonds. The van der Waals surface area contributed by atoms with E-state index in [1.165, 1.54) is 0 Å². The molecule has 36 heavy (non-hydrogen) atoms. The lowest BCUT2D eigenvalue weighted by Crippen LogP contribution is -2.62. The van der Waals surface area contributed by atoms with Crippen molar-refractivity contribution in [3.8, 4) is 0 Å². The molecule has 0 bridgehead atoms. The van der Waals surface area contributed by atoms with Gasteiger partial charge in [-0.25, -0.2) is 4.39 Å². The van der Waals surface area contributed by atoms with E-state index in [1.54, 1.807) is 0 Å². The van der Waals surface area contributed by atoms with E-state index in [2.05, 4.69) is 40.1 Å². The standard InChI is InChI=1S/C16H21FN12O7/c1-5(30)33-13-7(23-27-19)3-8(24-28-20)14(12(13)32)36-16-11(25-29-21)10(17)15(34-6(2)31)9(35-16)4-22-26-18/h7-16,32H,3-4H2,1-2H3/t7-,8+,9-,10+,11-,12-,13+,14-,15-,16-/m1/s1. The Hall–Kier alpha value is -4.01. The molecule has 2 fully saturated rings. The van der Waals surface area contributed by atoms with Gasteiger partial charge in [0.1, 0.15) is 24.4 Å². The fourth-order valence-corrected chi connectivity index (χ4v) is 3.95. The number of esters is 2. The Labute approximate surface area is 200 Å². The molecular weight excluding hydrogens is 491 g/mol. The Morgan fingerprint density at radius 3 is 2.03 bits per heavy atom. The molecule has 2 rings (SSSR count). The monoisotopic (exact) mass is 512 g/mol. The highest BCUT2D eigenvalue weighted by molar-refractivity contribution is 5.66. The SMILES string of the molecule is CC(=O)O[C@@H]1[C@@H](O)[C@H](O[C@H]2O[C@H](CN=[N+]=[N-])[C@@H](OC(C)=O)[C@@H](F)[C@H]2N=[N+]=[N-])[C@@H](N=[N+]=[N-])C[C@H]1N=[N+]=[N-]. The van der Waals surface area contributed by atoms with Crippen LogP contribution in [0.1, 0.15) is 20.3 Å². The lowest BCUT2D eigenvalue weighted by Gasteiger charge is -2.46. The molecule has 1 saturated carbocycles. The summed E-state index contributed by atoms with van der Waals surface area (Å²) in [7, 11) is 0. The van der Waals surface area contributed by atoms with Gasteiger partial charge in [-0.2, -0.15) is 0 Å². The highest BCUT2D eigenvalue weighted by atomic mass is 19.1. The molecule has 1 aliphatic carbocycles. The first-order valence-electron chi connectivity index (χ1n) is 10.3. The van der Waals surface area contributed by atoms with E-state index >= 15 is 4.39 Å². The number of azide groups is 4. The molecule has 0 aromatic rings. The minimum absolute atomic E-state index is 0.246. The van der Waals surface area contributed by atoms with Gasteiger partial charge >= 0.3 is 11.9 Å². The van der Waals surface area contributed by atoms with Gasteiger partial charge in [0, 0.05) is 33.5 Å². The number of nitrogens with zero attached hydrogens (tertiary/aromatic N) is 12. The zero-order valence-electron chi connectivity index (χ0n) is 18.8. The molecule has 194 valence electrons. The van der Waals surface area contributed by atoms with E-state index in [1.807, 2.05) is 0 Å². The smallest absolute Gasteiger partial charge is 0.303 e. The molecule has 20 heteroatoms. The Balaban J connectivity index is 2.46. The molecule has 0 radical (unpaired) electrons. The summed E-state index contributed by atoms with van der Waals surface area (Å²) in [6.45, 7) is 1.53. The molecule has 1 saturated heterocycles. The molecular formula is C16H21FN12O7. The molecule has 2 aliphatic rings. The van der Waals surface area contributed by atoms with Gasteiger partial charge in [-0.1, -0.05) is 20.5 Å². The van der Waals surface area contributed by atoms with E-state index in [9.17, 15) is 14.7 Å². The van der Waals surface area contributed by atoms with E-state index in [0.29, 0.717) is 0 Å². The fraction of sp³-hybridized carbons (Fsp3) is 0.875. The van der Waals surface area contributed by atoms with Gasteiger partial charge in [-0.05, 0) is 28.5 Å². The molecule has 1 N–H and O–H groups in total. The maximum atomic E-state index is 15.4. The Kier molecular flexibility index (Phi) is 10.3. The zero-order valence-corrected chi connectivity index (χ0v) is 18.8. The molecule has 0 spiro atoms. The summed E-state index contributed by atoms with van der Waals surface area (Å²) in [5.41, 5.74) is 35.4. The second-order valence-electron chi connectivity index (χ2n) is 7.62. The molecule has 0 aromatic carbocycles. The van der Waals surface area contributed by atoms with E-state index in [-0.39, 0.29) is 6.42 Å². The number of ether oxygens (including phenoxy) is 4. The summed E-state index contributed by atoms with van der Waals surface area (Å²) < 4.78 is 36.7. The molecule has 0 unspecified atom stereocenters. The number of carbonyl (C=O) groups is 2. The number of halogens is 1. The first-order chi connectivity index (χ1) is 17.2. The topological polar surface area (TPSA) is 286 Å². The Bertz CT molecular complexity index is 1020. The number of carbonyl (C=O) groups excluding carboxylic acids is 2. The van der Waals surface area contributed by atoms with Crippen molar-refractivity contribution in [2.45, 2.75) is 81.4 Å². The van der Waals surface area contributed by atoms with Crippen molar-refractivity contribution in [1.82, 2.24) is 0 Å². The van der Waals surface area contributed by atoms with E-state index < -0.39 is 79.6 Å². The minimum Gasteiger partial charge on any atom is -0.459 e. The average molecular weight is 512 g/mol. The van der Waals surface area contributed by atoms with Crippen molar-refractivity contribution >= 4 is 11.9 Å². The zero-order chi connectivity index (χ0) is 26.8. The molecule has 10 atom stereocenters. The van der Waals surface area contributed by atoms with Gasteiger partial charge in [0.2, 0.25) is 0 Å². The van der Waals surface area contributed by atoms with Crippen LogP contribution in [0.3, 0.4) is 0 Å². The van der Waals surface area contributed by atoms with Crippen molar-refractivity contribution < 1.29 is 38.0 Å². The minimum atomic E-state index is -2.21. The summed E-state index contributed by atoms with van der Waals surface area (Å²) in [5.74, 6) is -1.72. The van der Waals surface area contributed by atoms with Crippen molar-refractivity contribution in [1.29, 1.82) is 0 Å². The van der Waals surface area contributed by atoms with Crippen molar-refractivity contribution in [2.24, 2.45) is 20.5 Å². The third kappa shape index (κ3) is 6.78. The Morgan fingerprint density at radius 1 is 0.944 bits per heavy atom. The summed E-state index contributed by atoms with van der Waals surface area (Å²) in [5, 5.41) is 24.5. The van der Waals surface area contributed by atoms with Gasteiger partial charge in [-0.3, -0.25) is 9.59 Å². The number of aliphatic hydroxyl groups is 1. The van der Waals surface area contributed by atoms with Crippen LogP contribution in [0.15, 0.2) is 20.5 Å². The summed E-state index contributed by atoms with van der Waals surface area (Å²) in [6.07, 6.45) is -12.0. The van der Waals surface area contributed by atoms with Crippen LogP contribution in [-0.4, -0.2) is 84.7 Å². The predicted octanol–water partition coefficient (Wildman–Crippen LogP) is 2.41. The van der Waals surface area contributed by atoms with Crippen LogP contribution in [-0.2, 0) is 28.5 Å². The molecule has 1 heterocycles. The van der Waals surface area contributed by atoms with Crippen LogP contribution in [0.25, 0.3) is 41.8 Å². The largest absolute Gasteiger partial charge is 0.459 e. The quantitative estimate of drug-likeness (QED) is 0.208. The van der Waals surface area contributed by atoms with Crippen molar-refractivity contribution in [3.63, 3.8) is 0 Å². The van der Waals surface area contributed by atoms with Gasteiger partial charge in [0.25, 0.3) is 0 Å². The van der Waals surface area contributed by atoms with Crippen LogP contribution in [0.5, 0.6) is 0 Å². The van der Waals surface area contributed by atoms with Crippen molar-refractivity contribution in [3.05, 3.63) is 41.8 Å². The summed E-state index contributed by atoms with van der Waals surface area (Å²) >= 11 is 0. The van der Waals surface area contributed by atoms with E-state index in [4.69, 9.17) is 41.1 Å². The maximum absolute atomic E-state index is 15.4. The van der Waals surface area contributed by atoms with Crippen LogP contribution in [0.2, 0.25) is 0 Å². The van der Waals surface area contributed by atoms with Gasteiger partial charge in [0.15, 0.2) is 18.6 Å². The van der Waals surface area contributed by atoms with Crippen LogP contribution in [0, 0.1) is 0 Å². The number of rotatable bonds is 9. The summed E-state index contributed by atoms with van der Waals surface area (Å²) in [4.78, 5) is 33.4. The Morgan fingerprint density at radius 2 is 1.50 bits per heavy atom. The van der Waals surface area contributed by atoms with Crippen molar-refractivity contribution in [2.75, 3.05) is 6.54 Å². The maximum Gasteiger partial charge on any atom is 0.303 e. The molecule has 1 aliphatic heterocycles. The number of aliphatic hydroxyl groups excluding tert-OH is 1. The third-order valence-electron chi connectivity index (χ3n) is 5.31. The van der Waals surface area contributed by atoms with Gasteiger partial charge in [0.05, 0.1) is 24.7 Å². The van der Waals surface area contributed by atoms with E-state index in [0.717, 1.165) is 13.8 Å². The van der Waals surface area contributed by atoms with Crippen LogP contribution >= 0.6 is 0 Å². The number of hydrogen-bond donors (Lipinski definition) is 1. The van der Waals surface area contributed by atoms with Crippen LogP contribution < -0.4 is 0 Å². The highest BCUT2D eigenvalue weighted by Gasteiger charge is 2.52. The average Bonchev–Trinajstić information content (AvgIpc) is 2.81. The highest BCUT2D eigenvalue weighted by Crippen LogP contribution is 2.35. The lowest BCUT2D eigenvalue weighted by atomic mass is 9.84. The van der Waals surface area contributed by atoms with Gasteiger partial charge < -0.3 is 24.1 Å². The lowest BCUT2D eigenvalue weighted by molar-refractivity contribution is -0.283. The number of alkyl halides is 1. The molecule has 0 aromatic heterocycles. The summed E-state index contributed by atoms with van der Waals surface area (Å²) in [6, 6.07) is -4.16. The second kappa shape index (κ2) is 13.2. The van der Waals surface area contributed by atoms with Crippen LogP contribution in [0.4, 0.5) is 4.39 Å². The third-order valence-corrected chi connectivity index (χ3v) is 5.31. The number of hydrogen-bond acceptors (Lipinski definition) is 11. The van der Waals surface area contributed by atoms with Gasteiger partial charge in [-0.15, -0.1) is 0 Å². The first-order valence-corrected chi connectivity index (χ1v) is 10.3. The predicted molar refractivity (Wildman–Crippen MR) is 113 cm³/mol. The fourth-order valence-electron chi connectivity index (χ4n) is 3.95.